The Hall–Kier alpha value is -2.54. The molecule has 1 amide bonds. The summed E-state index contributed by atoms with van der Waals surface area (Å²) >= 11 is 3.48. The summed E-state index contributed by atoms with van der Waals surface area (Å²) in [6, 6.07) is 11.1. The standard InChI is InChI=1S/C21H18BrFN4O/c1-13(28)26-8-21(9-26)10-27(11-21)19-5-2-14(6-17(19)23)20-16-7-15(22)3-4-18(16)24-12-25-20/h2-7,12H,8-11H2,1H3. The fourth-order valence-electron chi connectivity index (χ4n) is 4.29. The largest absolute Gasteiger partial charge is 0.368 e. The number of carbonyl (C=O) groups is 1. The Morgan fingerprint density at radius 3 is 2.61 bits per heavy atom. The molecule has 1 spiro atoms. The number of nitrogens with zero attached hydrogens (tertiary/aromatic N) is 4. The van der Waals surface area contributed by atoms with Crippen molar-refractivity contribution in [2.45, 2.75) is 6.92 Å². The number of anilines is 1. The Kier molecular flexibility index (Phi) is 3.91. The molecule has 0 bridgehead atoms. The number of carbonyl (C=O) groups excluding carboxylic acids is 1. The van der Waals surface area contributed by atoms with Crippen LogP contribution >= 0.6 is 15.9 Å². The molecule has 2 aromatic carbocycles. The van der Waals surface area contributed by atoms with Crippen molar-refractivity contribution in [2.75, 3.05) is 31.1 Å². The average Bonchev–Trinajstić information content (AvgIpc) is 2.59. The number of aromatic nitrogens is 2. The van der Waals surface area contributed by atoms with E-state index in [0.717, 1.165) is 47.1 Å². The van der Waals surface area contributed by atoms with Crippen LogP contribution < -0.4 is 4.90 Å². The van der Waals surface area contributed by atoms with Gasteiger partial charge in [-0.25, -0.2) is 14.4 Å². The van der Waals surface area contributed by atoms with Crippen LogP contribution in [0.25, 0.3) is 22.2 Å². The predicted molar refractivity (Wildman–Crippen MR) is 110 cm³/mol. The highest BCUT2D eigenvalue weighted by Crippen LogP contribution is 2.43. The zero-order chi connectivity index (χ0) is 19.5. The molecule has 3 aromatic rings. The van der Waals surface area contributed by atoms with E-state index in [-0.39, 0.29) is 17.1 Å². The number of hydrogen-bond acceptors (Lipinski definition) is 4. The maximum Gasteiger partial charge on any atom is 0.219 e. The molecular formula is C21H18BrFN4O. The van der Waals surface area contributed by atoms with Gasteiger partial charge in [-0.2, -0.15) is 0 Å². The van der Waals surface area contributed by atoms with E-state index in [0.29, 0.717) is 11.4 Å². The van der Waals surface area contributed by atoms with Crippen LogP contribution in [0.4, 0.5) is 10.1 Å². The normalized spacial score (nSPS) is 17.5. The Morgan fingerprint density at radius 1 is 1.11 bits per heavy atom. The quantitative estimate of drug-likeness (QED) is 0.606. The summed E-state index contributed by atoms with van der Waals surface area (Å²) in [5.74, 6) is -0.139. The highest BCUT2D eigenvalue weighted by atomic mass is 79.9. The van der Waals surface area contributed by atoms with Gasteiger partial charge in [0.1, 0.15) is 12.1 Å². The van der Waals surface area contributed by atoms with Crippen molar-refractivity contribution >= 4 is 38.4 Å². The van der Waals surface area contributed by atoms with Crippen LogP contribution in [0.3, 0.4) is 0 Å². The van der Waals surface area contributed by atoms with Gasteiger partial charge in [0.2, 0.25) is 5.91 Å². The highest BCUT2D eigenvalue weighted by Gasteiger charge is 2.52. The van der Waals surface area contributed by atoms with Gasteiger partial charge in [-0.05, 0) is 30.3 Å². The lowest BCUT2D eigenvalue weighted by atomic mass is 9.72. The zero-order valence-corrected chi connectivity index (χ0v) is 16.9. The Balaban J connectivity index is 1.40. The summed E-state index contributed by atoms with van der Waals surface area (Å²) in [5, 5.41) is 0.880. The van der Waals surface area contributed by atoms with Gasteiger partial charge in [-0.1, -0.05) is 22.0 Å². The van der Waals surface area contributed by atoms with E-state index in [1.165, 1.54) is 6.33 Å². The molecule has 28 heavy (non-hydrogen) atoms. The average molecular weight is 441 g/mol. The van der Waals surface area contributed by atoms with E-state index in [1.54, 1.807) is 13.0 Å². The molecule has 0 aliphatic carbocycles. The molecule has 142 valence electrons. The molecule has 2 fully saturated rings. The highest BCUT2D eigenvalue weighted by molar-refractivity contribution is 9.10. The SMILES string of the molecule is CC(=O)N1CC2(C1)CN(c1ccc(-c3ncnc4ccc(Br)cc34)cc1F)C2. The minimum Gasteiger partial charge on any atom is -0.368 e. The van der Waals surface area contributed by atoms with Crippen molar-refractivity contribution in [3.05, 3.63) is 53.0 Å². The molecule has 3 heterocycles. The van der Waals surface area contributed by atoms with Gasteiger partial charge in [0.15, 0.2) is 0 Å². The minimum absolute atomic E-state index is 0.114. The predicted octanol–water partition coefficient (Wildman–Crippen LogP) is 3.87. The van der Waals surface area contributed by atoms with Gasteiger partial charge in [0.05, 0.1) is 16.9 Å². The van der Waals surface area contributed by atoms with E-state index in [2.05, 4.69) is 25.9 Å². The molecule has 5 nitrogen and oxygen atoms in total. The van der Waals surface area contributed by atoms with E-state index in [4.69, 9.17) is 0 Å². The van der Waals surface area contributed by atoms with Gasteiger partial charge >= 0.3 is 0 Å². The molecule has 2 saturated heterocycles. The Bertz CT molecular complexity index is 1100. The van der Waals surface area contributed by atoms with Gasteiger partial charge in [-0.3, -0.25) is 4.79 Å². The van der Waals surface area contributed by atoms with Crippen molar-refractivity contribution in [3.63, 3.8) is 0 Å². The van der Waals surface area contributed by atoms with Crippen LogP contribution in [-0.4, -0.2) is 47.0 Å². The number of benzene rings is 2. The number of halogens is 2. The van der Waals surface area contributed by atoms with Crippen LogP contribution in [0.5, 0.6) is 0 Å². The Labute approximate surface area is 170 Å². The van der Waals surface area contributed by atoms with Crippen molar-refractivity contribution < 1.29 is 9.18 Å². The number of fused-ring (bicyclic) bond motifs is 1. The third kappa shape index (κ3) is 2.76. The molecular weight excluding hydrogens is 423 g/mol. The van der Waals surface area contributed by atoms with Gasteiger partial charge in [0.25, 0.3) is 0 Å². The second-order valence-corrected chi connectivity index (χ2v) is 8.70. The summed E-state index contributed by atoms with van der Waals surface area (Å²) in [6.07, 6.45) is 1.51. The summed E-state index contributed by atoms with van der Waals surface area (Å²) < 4.78 is 15.8. The summed E-state index contributed by atoms with van der Waals surface area (Å²) in [5.41, 5.74) is 3.02. The van der Waals surface area contributed by atoms with Crippen molar-refractivity contribution in [1.82, 2.24) is 14.9 Å². The molecule has 2 aliphatic rings. The molecule has 0 N–H and O–H groups in total. The van der Waals surface area contributed by atoms with Crippen molar-refractivity contribution in [1.29, 1.82) is 0 Å². The molecule has 7 heteroatoms. The molecule has 2 aliphatic heterocycles. The smallest absolute Gasteiger partial charge is 0.219 e. The lowest BCUT2D eigenvalue weighted by molar-refractivity contribution is -0.142. The van der Waals surface area contributed by atoms with Crippen LogP contribution in [0.1, 0.15) is 6.92 Å². The van der Waals surface area contributed by atoms with Crippen molar-refractivity contribution in [2.24, 2.45) is 5.41 Å². The second-order valence-electron chi connectivity index (χ2n) is 7.78. The second kappa shape index (κ2) is 6.24. The first kappa shape index (κ1) is 17.6. The number of rotatable bonds is 2. The van der Waals surface area contributed by atoms with Gasteiger partial charge < -0.3 is 9.80 Å². The molecule has 0 atom stereocenters. The van der Waals surface area contributed by atoms with Crippen LogP contribution in [0.15, 0.2) is 47.2 Å². The molecule has 5 rings (SSSR count). The maximum atomic E-state index is 14.9. The van der Waals surface area contributed by atoms with E-state index in [9.17, 15) is 9.18 Å². The summed E-state index contributed by atoms with van der Waals surface area (Å²) in [6.45, 7) is 4.73. The number of likely N-dealkylation sites (tertiary alicyclic amines) is 1. The molecule has 1 aromatic heterocycles. The fraction of sp³-hybridized carbons (Fsp3) is 0.286. The maximum absolute atomic E-state index is 14.9. The zero-order valence-electron chi connectivity index (χ0n) is 15.3. The summed E-state index contributed by atoms with van der Waals surface area (Å²) in [4.78, 5) is 24.0. The van der Waals surface area contributed by atoms with Crippen molar-refractivity contribution in [3.8, 4) is 11.3 Å². The topological polar surface area (TPSA) is 49.3 Å². The summed E-state index contributed by atoms with van der Waals surface area (Å²) in [7, 11) is 0. The number of amides is 1. The van der Waals surface area contributed by atoms with Crippen LogP contribution in [0.2, 0.25) is 0 Å². The Morgan fingerprint density at radius 2 is 1.89 bits per heavy atom. The van der Waals surface area contributed by atoms with Gasteiger partial charge in [0, 0.05) is 53.9 Å². The molecule has 0 saturated carbocycles. The molecule has 0 radical (unpaired) electrons. The first-order chi connectivity index (χ1) is 13.4. The first-order valence-electron chi connectivity index (χ1n) is 9.15. The fourth-order valence-corrected chi connectivity index (χ4v) is 4.65. The lowest BCUT2D eigenvalue weighted by Gasteiger charge is -2.60. The number of hydrogen-bond donors (Lipinski definition) is 0. The minimum atomic E-state index is -0.253. The van der Waals surface area contributed by atoms with E-state index >= 15 is 0 Å². The third-order valence-corrected chi connectivity index (χ3v) is 6.20. The third-order valence-electron chi connectivity index (χ3n) is 5.71. The lowest BCUT2D eigenvalue weighted by Crippen LogP contribution is -2.73. The molecule has 0 unspecified atom stereocenters. The monoisotopic (exact) mass is 440 g/mol. The van der Waals surface area contributed by atoms with Crippen LogP contribution in [-0.2, 0) is 4.79 Å². The van der Waals surface area contributed by atoms with E-state index in [1.807, 2.05) is 40.1 Å². The van der Waals surface area contributed by atoms with Gasteiger partial charge in [-0.15, -0.1) is 0 Å². The van der Waals surface area contributed by atoms with E-state index < -0.39 is 0 Å². The first-order valence-corrected chi connectivity index (χ1v) is 9.94. The van der Waals surface area contributed by atoms with Crippen LogP contribution in [0, 0.1) is 11.2 Å².